The van der Waals surface area contributed by atoms with Crippen LogP contribution in [0.3, 0.4) is 0 Å². The second-order valence-corrected chi connectivity index (χ2v) is 6.23. The molecule has 0 fully saturated rings. The van der Waals surface area contributed by atoms with Gasteiger partial charge >= 0.3 is 0 Å². The minimum absolute atomic E-state index is 0.00647. The zero-order valence-electron chi connectivity index (χ0n) is 12.2. The molecular formula is C13H15Br2N5O3. The van der Waals surface area contributed by atoms with E-state index in [4.69, 9.17) is 10.5 Å². The average Bonchev–Trinajstić information content (AvgIpc) is 2.92. The van der Waals surface area contributed by atoms with E-state index in [2.05, 4.69) is 57.4 Å². The van der Waals surface area contributed by atoms with Gasteiger partial charge in [0.2, 0.25) is 11.5 Å². The van der Waals surface area contributed by atoms with E-state index in [1.165, 1.54) is 0 Å². The Hall–Kier alpha value is -1.65. The number of nitrogen functional groups attached to an aromatic ring is 1. The number of nitrogens with zero attached hydrogens (tertiary/aromatic N) is 2. The van der Waals surface area contributed by atoms with Crippen LogP contribution in [0.5, 0.6) is 5.75 Å². The summed E-state index contributed by atoms with van der Waals surface area (Å²) in [5.41, 5.74) is 6.50. The zero-order valence-corrected chi connectivity index (χ0v) is 15.4. The number of methoxy groups -OCH3 is 1. The van der Waals surface area contributed by atoms with Gasteiger partial charge in [-0.05, 0) is 59.9 Å². The molecular weight excluding hydrogens is 434 g/mol. The van der Waals surface area contributed by atoms with Gasteiger partial charge in [-0.2, -0.15) is 0 Å². The maximum Gasteiger partial charge on any atom is 0.277 e. The van der Waals surface area contributed by atoms with Crippen LogP contribution in [0.1, 0.15) is 16.1 Å². The van der Waals surface area contributed by atoms with Crippen LogP contribution in [0.25, 0.3) is 0 Å². The van der Waals surface area contributed by atoms with Crippen molar-refractivity contribution in [3.8, 4) is 5.75 Å². The lowest BCUT2D eigenvalue weighted by Gasteiger charge is -2.10. The molecule has 0 saturated carbocycles. The first-order valence-electron chi connectivity index (χ1n) is 6.61. The number of nitrogens with one attached hydrogen (secondary N) is 2. The van der Waals surface area contributed by atoms with Gasteiger partial charge in [-0.15, -0.1) is 0 Å². The highest BCUT2D eigenvalue weighted by Gasteiger charge is 2.14. The monoisotopic (exact) mass is 447 g/mol. The minimum atomic E-state index is -0.416. The van der Waals surface area contributed by atoms with Crippen molar-refractivity contribution in [2.24, 2.45) is 0 Å². The lowest BCUT2D eigenvalue weighted by molar-refractivity contribution is 0.0944. The number of carbonyl (C=O) groups is 1. The van der Waals surface area contributed by atoms with Gasteiger partial charge in [0.1, 0.15) is 5.75 Å². The third kappa shape index (κ3) is 4.66. The highest BCUT2D eigenvalue weighted by molar-refractivity contribution is 9.11. The molecule has 1 heterocycles. The Morgan fingerprint density at radius 3 is 2.57 bits per heavy atom. The highest BCUT2D eigenvalue weighted by Crippen LogP contribution is 2.34. The smallest absolute Gasteiger partial charge is 0.277 e. The van der Waals surface area contributed by atoms with Crippen molar-refractivity contribution in [1.82, 2.24) is 20.9 Å². The van der Waals surface area contributed by atoms with Crippen molar-refractivity contribution in [1.29, 1.82) is 0 Å². The number of rotatable bonds is 7. The van der Waals surface area contributed by atoms with E-state index in [0.29, 0.717) is 19.6 Å². The maximum absolute atomic E-state index is 11.7. The molecule has 0 radical (unpaired) electrons. The molecule has 4 N–H and O–H groups in total. The van der Waals surface area contributed by atoms with Crippen molar-refractivity contribution in [3.05, 3.63) is 32.3 Å². The number of halogens is 2. The predicted molar refractivity (Wildman–Crippen MR) is 91.1 cm³/mol. The summed E-state index contributed by atoms with van der Waals surface area (Å²) in [6.07, 6.45) is 0. The summed E-state index contributed by atoms with van der Waals surface area (Å²) in [5.74, 6) is 0.309. The Kier molecular flexibility index (Phi) is 6.37. The van der Waals surface area contributed by atoms with E-state index < -0.39 is 5.91 Å². The number of amides is 1. The topological polar surface area (TPSA) is 115 Å². The van der Waals surface area contributed by atoms with Gasteiger partial charge in [-0.3, -0.25) is 4.79 Å². The number of hydrogen-bond donors (Lipinski definition) is 3. The highest BCUT2D eigenvalue weighted by atomic mass is 79.9. The molecule has 0 atom stereocenters. The molecule has 0 saturated heterocycles. The number of nitrogens with two attached hydrogens (primary N) is 1. The molecule has 0 bridgehead atoms. The first kappa shape index (κ1) is 17.7. The van der Waals surface area contributed by atoms with E-state index in [9.17, 15) is 4.79 Å². The van der Waals surface area contributed by atoms with Crippen LogP contribution in [-0.2, 0) is 6.54 Å². The van der Waals surface area contributed by atoms with Gasteiger partial charge < -0.3 is 21.1 Å². The summed E-state index contributed by atoms with van der Waals surface area (Å²) in [5, 5.41) is 12.7. The molecule has 0 unspecified atom stereocenters. The standard InChI is InChI=1S/C13H15Br2N5O3/c1-22-11-8(14)4-7(5-9(11)15)6-17-2-3-18-13(21)10-12(16)20-23-19-10/h4-5,17H,2-3,6H2,1H3,(H2,16,20)(H,18,21). The summed E-state index contributed by atoms with van der Waals surface area (Å²) in [6.45, 7) is 1.65. The number of benzene rings is 1. The van der Waals surface area contributed by atoms with Crippen LogP contribution in [0.4, 0.5) is 5.82 Å². The van der Waals surface area contributed by atoms with Crippen LogP contribution in [-0.4, -0.2) is 36.4 Å². The van der Waals surface area contributed by atoms with Crippen molar-refractivity contribution in [2.75, 3.05) is 25.9 Å². The molecule has 0 aliphatic heterocycles. The van der Waals surface area contributed by atoms with Crippen LogP contribution in [0.2, 0.25) is 0 Å². The molecule has 1 amide bonds. The molecule has 10 heteroatoms. The van der Waals surface area contributed by atoms with Crippen molar-refractivity contribution in [2.45, 2.75) is 6.54 Å². The SMILES string of the molecule is COc1c(Br)cc(CNCCNC(=O)c2nonc2N)cc1Br. The number of aromatic nitrogens is 2. The fourth-order valence-corrected chi connectivity index (χ4v) is 3.45. The fraction of sp³-hybridized carbons (Fsp3) is 0.308. The number of carbonyl (C=O) groups excluding carboxylic acids is 1. The Labute approximate surface area is 149 Å². The summed E-state index contributed by atoms with van der Waals surface area (Å²) in [6, 6.07) is 3.94. The largest absolute Gasteiger partial charge is 0.494 e. The van der Waals surface area contributed by atoms with Crippen molar-refractivity contribution in [3.63, 3.8) is 0 Å². The maximum atomic E-state index is 11.7. The second kappa shape index (κ2) is 8.27. The van der Waals surface area contributed by atoms with E-state index in [-0.39, 0.29) is 11.5 Å². The van der Waals surface area contributed by atoms with Crippen molar-refractivity contribution >= 4 is 43.6 Å². The van der Waals surface area contributed by atoms with Crippen LogP contribution in [0.15, 0.2) is 25.7 Å². The van der Waals surface area contributed by atoms with Gasteiger partial charge in [0.15, 0.2) is 0 Å². The summed E-state index contributed by atoms with van der Waals surface area (Å²) >= 11 is 6.91. The predicted octanol–water partition coefficient (Wildman–Crippen LogP) is 1.70. The van der Waals surface area contributed by atoms with Crippen molar-refractivity contribution < 1.29 is 14.2 Å². The Morgan fingerprint density at radius 1 is 1.30 bits per heavy atom. The van der Waals surface area contributed by atoms with E-state index in [1.807, 2.05) is 12.1 Å². The Morgan fingerprint density at radius 2 is 2.00 bits per heavy atom. The average molecular weight is 449 g/mol. The fourth-order valence-electron chi connectivity index (χ4n) is 1.84. The van der Waals surface area contributed by atoms with Gasteiger partial charge in [0.25, 0.3) is 5.91 Å². The van der Waals surface area contributed by atoms with E-state index >= 15 is 0 Å². The third-order valence-corrected chi connectivity index (χ3v) is 4.09. The quantitative estimate of drug-likeness (QED) is 0.552. The second-order valence-electron chi connectivity index (χ2n) is 4.52. The molecule has 2 rings (SSSR count). The van der Waals surface area contributed by atoms with E-state index in [1.54, 1.807) is 7.11 Å². The number of hydrogen-bond acceptors (Lipinski definition) is 7. The van der Waals surface area contributed by atoms with Gasteiger partial charge in [-0.25, -0.2) is 4.63 Å². The third-order valence-electron chi connectivity index (χ3n) is 2.91. The Bertz CT molecular complexity index is 669. The summed E-state index contributed by atoms with van der Waals surface area (Å²) in [7, 11) is 1.61. The van der Waals surface area contributed by atoms with Crippen LogP contribution in [0, 0.1) is 0 Å². The van der Waals surface area contributed by atoms with Gasteiger partial charge in [0, 0.05) is 19.6 Å². The summed E-state index contributed by atoms with van der Waals surface area (Å²) in [4.78, 5) is 11.7. The molecule has 0 spiro atoms. The first-order chi connectivity index (χ1) is 11.0. The summed E-state index contributed by atoms with van der Waals surface area (Å²) < 4.78 is 11.4. The molecule has 124 valence electrons. The Balaban J connectivity index is 1.76. The van der Waals surface area contributed by atoms with Gasteiger partial charge in [0.05, 0.1) is 16.1 Å². The lowest BCUT2D eigenvalue weighted by atomic mass is 10.2. The van der Waals surface area contributed by atoms with Crippen LogP contribution < -0.4 is 21.1 Å². The lowest BCUT2D eigenvalue weighted by Crippen LogP contribution is -2.32. The number of anilines is 1. The molecule has 0 aliphatic rings. The molecule has 2 aromatic rings. The molecule has 23 heavy (non-hydrogen) atoms. The molecule has 0 aliphatic carbocycles. The zero-order chi connectivity index (χ0) is 16.8. The minimum Gasteiger partial charge on any atom is -0.494 e. The van der Waals surface area contributed by atoms with Gasteiger partial charge in [-0.1, -0.05) is 0 Å². The van der Waals surface area contributed by atoms with Crippen LogP contribution >= 0.6 is 31.9 Å². The van der Waals surface area contributed by atoms with E-state index in [0.717, 1.165) is 20.3 Å². The molecule has 1 aromatic carbocycles. The first-order valence-corrected chi connectivity index (χ1v) is 8.20. The normalized spacial score (nSPS) is 10.6. The molecule has 8 nitrogen and oxygen atoms in total. The number of ether oxygens (including phenoxy) is 1. The molecule has 1 aromatic heterocycles.